The van der Waals surface area contributed by atoms with Gasteiger partial charge in [0.25, 0.3) is 0 Å². The van der Waals surface area contributed by atoms with Crippen molar-refractivity contribution in [2.45, 2.75) is 20.4 Å². The number of carbonyl (C=O) groups is 1. The fraction of sp³-hybridized carbons (Fsp3) is 0.500. The molecule has 6 heteroatoms. The molecule has 0 saturated carbocycles. The molecular weight excluding hydrogens is 206 g/mol. The van der Waals surface area contributed by atoms with Gasteiger partial charge in [0, 0.05) is 19.2 Å². The molecule has 0 aromatic carbocycles. The van der Waals surface area contributed by atoms with E-state index in [2.05, 4.69) is 10.2 Å². The molecule has 16 heavy (non-hydrogen) atoms. The summed E-state index contributed by atoms with van der Waals surface area (Å²) in [5.74, 6) is 0.204. The topological polar surface area (TPSA) is 98.1 Å². The van der Waals surface area contributed by atoms with Gasteiger partial charge >= 0.3 is 0 Å². The minimum absolute atomic E-state index is 0.101. The second-order valence-corrected chi connectivity index (χ2v) is 3.74. The Bertz CT molecular complexity index is 404. The lowest BCUT2D eigenvalue weighted by atomic mass is 10.1. The summed E-state index contributed by atoms with van der Waals surface area (Å²) >= 11 is 0. The molecule has 0 radical (unpaired) electrons. The fourth-order valence-corrected chi connectivity index (χ4v) is 1.50. The Kier molecular flexibility index (Phi) is 3.78. The number of carbonyl (C=O) groups excluding carboxylic acids is 1. The average molecular weight is 223 g/mol. The van der Waals surface area contributed by atoms with Crippen LogP contribution in [0.1, 0.15) is 16.8 Å². The lowest BCUT2D eigenvalue weighted by Gasteiger charge is -2.20. The summed E-state index contributed by atoms with van der Waals surface area (Å²) in [6, 6.07) is 0. The van der Waals surface area contributed by atoms with E-state index in [9.17, 15) is 4.79 Å². The summed E-state index contributed by atoms with van der Waals surface area (Å²) in [4.78, 5) is 12.5. The molecular formula is C10H17N5O. The Labute approximate surface area is 94.6 Å². The van der Waals surface area contributed by atoms with Crippen LogP contribution in [0.2, 0.25) is 0 Å². The minimum atomic E-state index is -0.412. The number of anilines is 1. The summed E-state index contributed by atoms with van der Waals surface area (Å²) in [5, 5.41) is 8.07. The highest BCUT2D eigenvalue weighted by molar-refractivity contribution is 5.79. The molecule has 6 nitrogen and oxygen atoms in total. The number of aryl methyl sites for hydroxylation is 1. The van der Waals surface area contributed by atoms with Crippen LogP contribution in [0.5, 0.6) is 0 Å². The van der Waals surface area contributed by atoms with E-state index >= 15 is 0 Å². The van der Waals surface area contributed by atoms with Gasteiger partial charge in [0.05, 0.1) is 12.2 Å². The number of rotatable bonds is 4. The third kappa shape index (κ3) is 2.46. The van der Waals surface area contributed by atoms with Gasteiger partial charge in [-0.25, -0.2) is 0 Å². The molecule has 0 aliphatic carbocycles. The van der Waals surface area contributed by atoms with Crippen molar-refractivity contribution in [2.75, 3.05) is 18.5 Å². The quantitative estimate of drug-likeness (QED) is 0.715. The summed E-state index contributed by atoms with van der Waals surface area (Å²) in [6.45, 7) is 4.28. The maximum Gasteiger partial charge on any atom is 0.236 e. The van der Waals surface area contributed by atoms with Crippen LogP contribution in [0.3, 0.4) is 0 Å². The minimum Gasteiger partial charge on any atom is -0.368 e. The van der Waals surface area contributed by atoms with Gasteiger partial charge in [-0.05, 0) is 19.4 Å². The number of likely N-dealkylation sites (N-methyl/N-ethyl adjacent to an activating group) is 1. The van der Waals surface area contributed by atoms with Crippen LogP contribution in [-0.2, 0) is 11.3 Å². The first kappa shape index (κ1) is 12.4. The van der Waals surface area contributed by atoms with Crippen LogP contribution < -0.4 is 16.4 Å². The standard InChI is InChI=1S/C10H17N5O/c1-6-7(2)13-14-10(8(6)4-11)15(3)5-9(12)16/h4-5,11H2,1-3H3,(H2,12,16). The van der Waals surface area contributed by atoms with E-state index in [-0.39, 0.29) is 6.54 Å². The number of amides is 1. The van der Waals surface area contributed by atoms with Crippen molar-refractivity contribution in [3.63, 3.8) is 0 Å². The smallest absolute Gasteiger partial charge is 0.236 e. The van der Waals surface area contributed by atoms with Crippen molar-refractivity contribution in [2.24, 2.45) is 11.5 Å². The van der Waals surface area contributed by atoms with Crippen LogP contribution in [0.25, 0.3) is 0 Å². The molecule has 0 aliphatic rings. The predicted molar refractivity (Wildman–Crippen MR) is 61.9 cm³/mol. The van der Waals surface area contributed by atoms with Crippen LogP contribution in [0.4, 0.5) is 5.82 Å². The van der Waals surface area contributed by atoms with Gasteiger partial charge in [0.2, 0.25) is 5.91 Å². The maximum absolute atomic E-state index is 10.8. The Morgan fingerprint density at radius 2 is 2.00 bits per heavy atom. The summed E-state index contributed by atoms with van der Waals surface area (Å²) in [6.07, 6.45) is 0. The molecule has 1 heterocycles. The highest BCUT2D eigenvalue weighted by Gasteiger charge is 2.14. The number of hydrogen-bond donors (Lipinski definition) is 2. The molecule has 4 N–H and O–H groups in total. The van der Waals surface area contributed by atoms with Crippen molar-refractivity contribution in [1.29, 1.82) is 0 Å². The Hall–Kier alpha value is -1.69. The van der Waals surface area contributed by atoms with Crippen LogP contribution in [0, 0.1) is 13.8 Å². The number of primary amides is 1. The first-order valence-corrected chi connectivity index (χ1v) is 4.99. The van der Waals surface area contributed by atoms with Crippen LogP contribution in [-0.4, -0.2) is 29.7 Å². The highest BCUT2D eigenvalue weighted by Crippen LogP contribution is 2.20. The molecule has 1 aromatic heterocycles. The molecule has 0 fully saturated rings. The first-order chi connectivity index (χ1) is 7.47. The van der Waals surface area contributed by atoms with E-state index in [1.165, 1.54) is 0 Å². The first-order valence-electron chi connectivity index (χ1n) is 4.99. The number of aromatic nitrogens is 2. The van der Waals surface area contributed by atoms with Gasteiger partial charge in [0.1, 0.15) is 0 Å². The lowest BCUT2D eigenvalue weighted by molar-refractivity contribution is -0.116. The van der Waals surface area contributed by atoms with Gasteiger partial charge in [0.15, 0.2) is 5.82 Å². The van der Waals surface area contributed by atoms with E-state index in [0.29, 0.717) is 12.4 Å². The normalized spacial score (nSPS) is 10.2. The Morgan fingerprint density at radius 3 is 2.50 bits per heavy atom. The van der Waals surface area contributed by atoms with Crippen LogP contribution >= 0.6 is 0 Å². The molecule has 1 amide bonds. The second-order valence-electron chi connectivity index (χ2n) is 3.74. The zero-order chi connectivity index (χ0) is 12.3. The van der Waals surface area contributed by atoms with E-state index in [0.717, 1.165) is 16.8 Å². The van der Waals surface area contributed by atoms with Crippen molar-refractivity contribution < 1.29 is 4.79 Å². The summed E-state index contributed by atoms with van der Waals surface area (Å²) < 4.78 is 0. The zero-order valence-corrected chi connectivity index (χ0v) is 9.82. The molecule has 0 spiro atoms. The predicted octanol–water partition coefficient (Wildman–Crippen LogP) is -0.526. The van der Waals surface area contributed by atoms with Crippen molar-refractivity contribution in [3.05, 3.63) is 16.8 Å². The number of nitrogens with two attached hydrogens (primary N) is 2. The molecule has 0 bridgehead atoms. The van der Waals surface area contributed by atoms with Gasteiger partial charge in [-0.1, -0.05) is 0 Å². The van der Waals surface area contributed by atoms with Crippen molar-refractivity contribution in [3.8, 4) is 0 Å². The van der Waals surface area contributed by atoms with Crippen molar-refractivity contribution >= 4 is 11.7 Å². The van der Waals surface area contributed by atoms with E-state index in [1.807, 2.05) is 13.8 Å². The molecule has 1 rings (SSSR count). The monoisotopic (exact) mass is 223 g/mol. The van der Waals surface area contributed by atoms with Gasteiger partial charge in [-0.3, -0.25) is 4.79 Å². The van der Waals surface area contributed by atoms with Gasteiger partial charge in [-0.2, -0.15) is 5.10 Å². The third-order valence-electron chi connectivity index (χ3n) is 2.52. The van der Waals surface area contributed by atoms with Gasteiger partial charge < -0.3 is 16.4 Å². The highest BCUT2D eigenvalue weighted by atomic mass is 16.1. The van der Waals surface area contributed by atoms with Gasteiger partial charge in [-0.15, -0.1) is 5.10 Å². The molecule has 0 unspecified atom stereocenters. The molecule has 1 aromatic rings. The van der Waals surface area contributed by atoms with E-state index < -0.39 is 5.91 Å². The zero-order valence-electron chi connectivity index (χ0n) is 9.82. The lowest BCUT2D eigenvalue weighted by Crippen LogP contribution is -2.32. The van der Waals surface area contributed by atoms with E-state index in [4.69, 9.17) is 11.5 Å². The number of nitrogens with zero attached hydrogens (tertiary/aromatic N) is 3. The van der Waals surface area contributed by atoms with E-state index in [1.54, 1.807) is 11.9 Å². The SMILES string of the molecule is Cc1nnc(N(C)CC(N)=O)c(CN)c1C. The number of hydrogen-bond acceptors (Lipinski definition) is 5. The average Bonchev–Trinajstić information content (AvgIpc) is 2.20. The third-order valence-corrected chi connectivity index (χ3v) is 2.52. The van der Waals surface area contributed by atoms with Crippen molar-refractivity contribution in [1.82, 2.24) is 10.2 Å². The molecule has 0 saturated heterocycles. The molecule has 0 aliphatic heterocycles. The second kappa shape index (κ2) is 4.89. The summed E-state index contributed by atoms with van der Waals surface area (Å²) in [5.41, 5.74) is 13.6. The maximum atomic E-state index is 10.8. The molecule has 0 atom stereocenters. The van der Waals surface area contributed by atoms with Crippen LogP contribution in [0.15, 0.2) is 0 Å². The largest absolute Gasteiger partial charge is 0.368 e. The fourth-order valence-electron chi connectivity index (χ4n) is 1.50. The Balaban J connectivity index is 3.13. The molecule has 88 valence electrons. The summed E-state index contributed by atoms with van der Waals surface area (Å²) in [7, 11) is 1.74. The Morgan fingerprint density at radius 1 is 1.38 bits per heavy atom.